The number of hydrogen-bond acceptors (Lipinski definition) is 2. The highest BCUT2D eigenvalue weighted by atomic mass is 35.5. The second kappa shape index (κ2) is 5.85. The fourth-order valence-corrected chi connectivity index (χ4v) is 2.19. The van der Waals surface area contributed by atoms with E-state index >= 15 is 0 Å². The number of halogens is 1. The number of nitrogens with two attached hydrogens (primary N) is 1. The summed E-state index contributed by atoms with van der Waals surface area (Å²) in [6.45, 7) is 7.22. The minimum absolute atomic E-state index is 0.0295. The molecule has 0 aromatic heterocycles. The van der Waals surface area contributed by atoms with Gasteiger partial charge in [-0.3, -0.25) is 4.90 Å². The Morgan fingerprint density at radius 1 is 1.47 bits per heavy atom. The summed E-state index contributed by atoms with van der Waals surface area (Å²) in [5, 5.41) is 0.786. The SMILES string of the molecule is CCC(C)(CN)N(C)C(C)c1cccc(Cl)c1. The highest BCUT2D eigenvalue weighted by Gasteiger charge is 2.29. The standard InChI is InChI=1S/C14H23ClN2/c1-5-14(3,10-16)17(4)11(2)12-7-6-8-13(15)9-12/h6-9,11H,5,10,16H2,1-4H3. The Labute approximate surface area is 110 Å². The van der Waals surface area contributed by atoms with Crippen molar-refractivity contribution in [2.24, 2.45) is 5.73 Å². The van der Waals surface area contributed by atoms with Gasteiger partial charge in [0.1, 0.15) is 0 Å². The van der Waals surface area contributed by atoms with Gasteiger partial charge in [0.25, 0.3) is 0 Å². The zero-order valence-corrected chi connectivity index (χ0v) is 12.0. The van der Waals surface area contributed by atoms with Gasteiger partial charge in [-0.2, -0.15) is 0 Å². The van der Waals surface area contributed by atoms with Gasteiger partial charge >= 0.3 is 0 Å². The van der Waals surface area contributed by atoms with E-state index < -0.39 is 0 Å². The van der Waals surface area contributed by atoms with Crippen LogP contribution in [0.4, 0.5) is 0 Å². The van der Waals surface area contributed by atoms with Crippen molar-refractivity contribution >= 4 is 11.6 Å². The van der Waals surface area contributed by atoms with E-state index in [2.05, 4.69) is 38.8 Å². The normalized spacial score (nSPS) is 16.9. The third kappa shape index (κ3) is 3.21. The first-order chi connectivity index (χ1) is 7.94. The Morgan fingerprint density at radius 2 is 2.12 bits per heavy atom. The van der Waals surface area contributed by atoms with Crippen LogP contribution in [-0.2, 0) is 0 Å². The van der Waals surface area contributed by atoms with Crippen LogP contribution in [0.2, 0.25) is 5.02 Å². The summed E-state index contributed by atoms with van der Waals surface area (Å²) < 4.78 is 0. The molecule has 0 heterocycles. The molecule has 2 atom stereocenters. The van der Waals surface area contributed by atoms with E-state index in [-0.39, 0.29) is 5.54 Å². The third-order valence-electron chi connectivity index (χ3n) is 3.96. The predicted molar refractivity (Wildman–Crippen MR) is 75.4 cm³/mol. The minimum Gasteiger partial charge on any atom is -0.329 e. The largest absolute Gasteiger partial charge is 0.329 e. The lowest BCUT2D eigenvalue weighted by Crippen LogP contribution is -2.50. The molecule has 2 unspecified atom stereocenters. The van der Waals surface area contributed by atoms with Gasteiger partial charge in [0.15, 0.2) is 0 Å². The van der Waals surface area contributed by atoms with Crippen molar-refractivity contribution in [3.05, 3.63) is 34.9 Å². The van der Waals surface area contributed by atoms with E-state index in [1.165, 1.54) is 5.56 Å². The molecule has 2 nitrogen and oxygen atoms in total. The topological polar surface area (TPSA) is 29.3 Å². The maximum atomic E-state index is 6.03. The number of nitrogens with zero attached hydrogens (tertiary/aromatic N) is 1. The lowest BCUT2D eigenvalue weighted by Gasteiger charge is -2.41. The van der Waals surface area contributed by atoms with Crippen LogP contribution in [0.1, 0.15) is 38.8 Å². The van der Waals surface area contributed by atoms with E-state index in [4.69, 9.17) is 17.3 Å². The van der Waals surface area contributed by atoms with E-state index in [0.717, 1.165) is 11.4 Å². The van der Waals surface area contributed by atoms with Crippen LogP contribution in [0, 0.1) is 0 Å². The lowest BCUT2D eigenvalue weighted by atomic mass is 9.93. The molecule has 0 radical (unpaired) electrons. The summed E-state index contributed by atoms with van der Waals surface area (Å²) in [5.74, 6) is 0. The maximum absolute atomic E-state index is 6.03. The van der Waals surface area contributed by atoms with E-state index in [1.54, 1.807) is 0 Å². The predicted octanol–water partition coefficient (Wildman–Crippen LogP) is 3.46. The van der Waals surface area contributed by atoms with Gasteiger partial charge in [-0.25, -0.2) is 0 Å². The van der Waals surface area contributed by atoms with Crippen LogP contribution in [0.25, 0.3) is 0 Å². The van der Waals surface area contributed by atoms with Crippen LogP contribution in [0.15, 0.2) is 24.3 Å². The molecule has 96 valence electrons. The molecule has 2 N–H and O–H groups in total. The molecule has 0 aliphatic carbocycles. The van der Waals surface area contributed by atoms with E-state index in [1.807, 2.05) is 18.2 Å². The molecule has 0 aliphatic rings. The first-order valence-corrected chi connectivity index (χ1v) is 6.51. The smallest absolute Gasteiger partial charge is 0.0409 e. The maximum Gasteiger partial charge on any atom is 0.0409 e. The molecular weight excluding hydrogens is 232 g/mol. The molecule has 0 aliphatic heterocycles. The first kappa shape index (κ1) is 14.5. The number of benzene rings is 1. The Bertz CT molecular complexity index is 361. The minimum atomic E-state index is 0.0295. The highest BCUT2D eigenvalue weighted by molar-refractivity contribution is 6.30. The Kier molecular flexibility index (Phi) is 4.99. The fraction of sp³-hybridized carbons (Fsp3) is 0.571. The summed E-state index contributed by atoms with van der Waals surface area (Å²) in [5.41, 5.74) is 7.16. The average molecular weight is 255 g/mol. The zero-order chi connectivity index (χ0) is 13.1. The number of rotatable bonds is 5. The second-order valence-corrected chi connectivity index (χ2v) is 5.33. The molecule has 1 aromatic rings. The van der Waals surface area contributed by atoms with E-state index in [9.17, 15) is 0 Å². The average Bonchev–Trinajstić information content (AvgIpc) is 2.36. The third-order valence-corrected chi connectivity index (χ3v) is 4.20. The van der Waals surface area contributed by atoms with Crippen LogP contribution in [0.5, 0.6) is 0 Å². The summed E-state index contributed by atoms with van der Waals surface area (Å²) in [7, 11) is 2.13. The zero-order valence-electron chi connectivity index (χ0n) is 11.2. The monoisotopic (exact) mass is 254 g/mol. The molecule has 0 spiro atoms. The molecule has 0 saturated carbocycles. The van der Waals surface area contributed by atoms with Crippen LogP contribution < -0.4 is 5.73 Å². The molecular formula is C14H23ClN2. The van der Waals surface area contributed by atoms with Crippen LogP contribution in [0.3, 0.4) is 0 Å². The molecule has 1 rings (SSSR count). The summed E-state index contributed by atoms with van der Waals surface area (Å²) in [4.78, 5) is 2.33. The number of likely N-dealkylation sites (N-methyl/N-ethyl adjacent to an activating group) is 1. The van der Waals surface area contributed by atoms with Gasteiger partial charge in [-0.05, 0) is 45.0 Å². The molecule has 0 fully saturated rings. The van der Waals surface area contributed by atoms with E-state index in [0.29, 0.717) is 12.6 Å². The van der Waals surface area contributed by atoms with Crippen molar-refractivity contribution in [3.63, 3.8) is 0 Å². The van der Waals surface area contributed by atoms with Crippen LogP contribution >= 0.6 is 11.6 Å². The van der Waals surface area contributed by atoms with Crippen molar-refractivity contribution in [1.82, 2.24) is 4.90 Å². The summed E-state index contributed by atoms with van der Waals surface area (Å²) >= 11 is 6.03. The lowest BCUT2D eigenvalue weighted by molar-refractivity contribution is 0.0964. The Balaban J connectivity index is 2.93. The van der Waals surface area contributed by atoms with Crippen molar-refractivity contribution in [2.75, 3.05) is 13.6 Å². The molecule has 3 heteroatoms. The van der Waals surface area contributed by atoms with Crippen molar-refractivity contribution in [3.8, 4) is 0 Å². The first-order valence-electron chi connectivity index (χ1n) is 6.13. The van der Waals surface area contributed by atoms with Gasteiger partial charge in [0.05, 0.1) is 0 Å². The van der Waals surface area contributed by atoms with Gasteiger partial charge in [0.2, 0.25) is 0 Å². The Hall–Kier alpha value is -0.570. The second-order valence-electron chi connectivity index (χ2n) is 4.90. The molecule has 0 amide bonds. The molecule has 0 bridgehead atoms. The number of hydrogen-bond donors (Lipinski definition) is 1. The van der Waals surface area contributed by atoms with Gasteiger partial charge in [-0.15, -0.1) is 0 Å². The quantitative estimate of drug-likeness (QED) is 0.872. The summed E-state index contributed by atoms with van der Waals surface area (Å²) in [6, 6.07) is 8.34. The van der Waals surface area contributed by atoms with Gasteiger partial charge in [-0.1, -0.05) is 30.7 Å². The van der Waals surface area contributed by atoms with Crippen molar-refractivity contribution < 1.29 is 0 Å². The molecule has 1 aromatic carbocycles. The van der Waals surface area contributed by atoms with Crippen LogP contribution in [-0.4, -0.2) is 24.0 Å². The fourth-order valence-electron chi connectivity index (χ4n) is 2.00. The van der Waals surface area contributed by atoms with Crippen molar-refractivity contribution in [1.29, 1.82) is 0 Å². The Morgan fingerprint density at radius 3 is 2.59 bits per heavy atom. The van der Waals surface area contributed by atoms with Crippen molar-refractivity contribution in [2.45, 2.75) is 38.8 Å². The van der Waals surface area contributed by atoms with Gasteiger partial charge < -0.3 is 5.73 Å². The highest BCUT2D eigenvalue weighted by Crippen LogP contribution is 2.29. The molecule has 17 heavy (non-hydrogen) atoms. The summed E-state index contributed by atoms with van der Waals surface area (Å²) in [6.07, 6.45) is 1.03. The van der Waals surface area contributed by atoms with Gasteiger partial charge in [0, 0.05) is 23.1 Å². The molecule has 0 saturated heterocycles.